The molecule has 0 aromatic carbocycles. The second-order valence-corrected chi connectivity index (χ2v) is 4.74. The number of hydrogen-bond donors (Lipinski definition) is 1. The van der Waals surface area contributed by atoms with Gasteiger partial charge in [0.05, 0.1) is 0 Å². The predicted molar refractivity (Wildman–Crippen MR) is 56.1 cm³/mol. The number of nitrogens with one attached hydrogen (secondary N) is 1. The topological polar surface area (TPSA) is 24.9 Å². The standard InChI is InChI=1S/C12H16N2/c1-2-10(9-13-7-1)8-12-5-3-11(14-12)4-6-12/h1-2,7,9,11,14H,3-6,8H2. The van der Waals surface area contributed by atoms with Crippen LogP contribution < -0.4 is 5.32 Å². The fourth-order valence-corrected chi connectivity index (χ4v) is 3.01. The molecule has 0 radical (unpaired) electrons. The van der Waals surface area contributed by atoms with Crippen LogP contribution in [0.3, 0.4) is 0 Å². The van der Waals surface area contributed by atoms with Gasteiger partial charge in [-0.15, -0.1) is 0 Å². The normalized spacial score (nSPS) is 35.0. The Bertz CT molecular complexity index is 312. The summed E-state index contributed by atoms with van der Waals surface area (Å²) in [5.41, 5.74) is 1.80. The van der Waals surface area contributed by atoms with Gasteiger partial charge >= 0.3 is 0 Å². The Morgan fingerprint density at radius 1 is 1.43 bits per heavy atom. The van der Waals surface area contributed by atoms with E-state index in [2.05, 4.69) is 16.4 Å². The SMILES string of the molecule is c1cncc(CC23CCC(CC2)N3)c1. The highest BCUT2D eigenvalue weighted by molar-refractivity contribution is 5.17. The molecule has 2 aliphatic rings. The Morgan fingerprint density at radius 2 is 2.29 bits per heavy atom. The van der Waals surface area contributed by atoms with Gasteiger partial charge in [0.25, 0.3) is 0 Å². The van der Waals surface area contributed by atoms with Gasteiger partial charge in [0.2, 0.25) is 0 Å². The number of fused-ring (bicyclic) bond motifs is 2. The lowest BCUT2D eigenvalue weighted by Crippen LogP contribution is -2.38. The second kappa shape index (κ2) is 3.06. The van der Waals surface area contributed by atoms with E-state index >= 15 is 0 Å². The summed E-state index contributed by atoms with van der Waals surface area (Å²) in [6.45, 7) is 0. The molecule has 3 rings (SSSR count). The van der Waals surface area contributed by atoms with Crippen LogP contribution >= 0.6 is 0 Å². The molecule has 14 heavy (non-hydrogen) atoms. The van der Waals surface area contributed by atoms with Crippen LogP contribution in [-0.2, 0) is 6.42 Å². The van der Waals surface area contributed by atoms with E-state index in [0.717, 1.165) is 12.5 Å². The largest absolute Gasteiger partial charge is 0.308 e. The highest BCUT2D eigenvalue weighted by Crippen LogP contribution is 2.39. The summed E-state index contributed by atoms with van der Waals surface area (Å²) in [5, 5.41) is 3.76. The predicted octanol–water partition coefficient (Wildman–Crippen LogP) is 1.91. The van der Waals surface area contributed by atoms with Crippen LogP contribution in [0.2, 0.25) is 0 Å². The zero-order chi connectivity index (χ0) is 9.43. The number of hydrogen-bond acceptors (Lipinski definition) is 2. The second-order valence-electron chi connectivity index (χ2n) is 4.74. The summed E-state index contributed by atoms with van der Waals surface area (Å²) in [4.78, 5) is 4.18. The van der Waals surface area contributed by atoms with Crippen LogP contribution in [0.15, 0.2) is 24.5 Å². The van der Waals surface area contributed by atoms with Crippen LogP contribution in [0.25, 0.3) is 0 Å². The van der Waals surface area contributed by atoms with Crippen molar-refractivity contribution in [3.63, 3.8) is 0 Å². The van der Waals surface area contributed by atoms with E-state index in [1.807, 2.05) is 18.5 Å². The van der Waals surface area contributed by atoms with Crippen molar-refractivity contribution in [3.8, 4) is 0 Å². The number of pyridine rings is 1. The van der Waals surface area contributed by atoms with Crippen molar-refractivity contribution in [2.24, 2.45) is 0 Å². The van der Waals surface area contributed by atoms with E-state index in [9.17, 15) is 0 Å². The Hall–Kier alpha value is -0.890. The lowest BCUT2D eigenvalue weighted by atomic mass is 9.83. The first kappa shape index (κ1) is 8.42. The Kier molecular flexibility index (Phi) is 1.84. The molecule has 74 valence electrons. The van der Waals surface area contributed by atoms with Crippen molar-refractivity contribution in [3.05, 3.63) is 30.1 Å². The third-order valence-electron chi connectivity index (χ3n) is 3.72. The molecule has 1 N–H and O–H groups in total. The van der Waals surface area contributed by atoms with Crippen molar-refractivity contribution < 1.29 is 0 Å². The van der Waals surface area contributed by atoms with Gasteiger partial charge in [0, 0.05) is 24.0 Å². The molecule has 0 spiro atoms. The molecule has 1 aromatic rings. The summed E-state index contributed by atoms with van der Waals surface area (Å²) < 4.78 is 0. The minimum Gasteiger partial charge on any atom is -0.308 e. The molecule has 2 bridgehead atoms. The molecule has 0 atom stereocenters. The van der Waals surface area contributed by atoms with Crippen LogP contribution in [0, 0.1) is 0 Å². The summed E-state index contributed by atoms with van der Waals surface area (Å²) in [6, 6.07) is 5.04. The number of aromatic nitrogens is 1. The molecule has 2 aliphatic heterocycles. The maximum absolute atomic E-state index is 4.18. The average molecular weight is 188 g/mol. The molecule has 2 heteroatoms. The Balaban J connectivity index is 1.78. The molecule has 2 nitrogen and oxygen atoms in total. The van der Waals surface area contributed by atoms with Crippen molar-refractivity contribution in [2.75, 3.05) is 0 Å². The van der Waals surface area contributed by atoms with E-state index in [1.54, 1.807) is 0 Å². The highest BCUT2D eigenvalue weighted by Gasteiger charge is 2.43. The van der Waals surface area contributed by atoms with Gasteiger partial charge in [-0.25, -0.2) is 0 Å². The summed E-state index contributed by atoms with van der Waals surface area (Å²) in [6.07, 6.45) is 10.5. The van der Waals surface area contributed by atoms with Gasteiger partial charge in [-0.1, -0.05) is 6.07 Å². The Labute approximate surface area is 84.7 Å². The fourth-order valence-electron chi connectivity index (χ4n) is 3.01. The first-order chi connectivity index (χ1) is 6.86. The first-order valence-corrected chi connectivity index (χ1v) is 5.53. The summed E-state index contributed by atoms with van der Waals surface area (Å²) in [5.74, 6) is 0. The molecule has 0 unspecified atom stereocenters. The molecule has 0 amide bonds. The van der Waals surface area contributed by atoms with Crippen LogP contribution in [0.1, 0.15) is 31.2 Å². The van der Waals surface area contributed by atoms with Crippen LogP contribution in [0.5, 0.6) is 0 Å². The van der Waals surface area contributed by atoms with Crippen molar-refractivity contribution in [2.45, 2.75) is 43.7 Å². The van der Waals surface area contributed by atoms with Gasteiger partial charge < -0.3 is 5.32 Å². The third-order valence-corrected chi connectivity index (χ3v) is 3.72. The number of nitrogens with zero attached hydrogens (tertiary/aromatic N) is 1. The molecule has 3 heterocycles. The highest BCUT2D eigenvalue weighted by atomic mass is 15.1. The first-order valence-electron chi connectivity index (χ1n) is 5.53. The maximum atomic E-state index is 4.18. The van der Waals surface area contributed by atoms with Gasteiger partial charge in [-0.2, -0.15) is 0 Å². The van der Waals surface area contributed by atoms with Gasteiger partial charge in [0.1, 0.15) is 0 Å². The van der Waals surface area contributed by atoms with E-state index in [-0.39, 0.29) is 0 Å². The molecule has 2 fully saturated rings. The fraction of sp³-hybridized carbons (Fsp3) is 0.583. The van der Waals surface area contributed by atoms with Crippen LogP contribution in [0.4, 0.5) is 0 Å². The maximum Gasteiger partial charge on any atom is 0.0300 e. The summed E-state index contributed by atoms with van der Waals surface area (Å²) >= 11 is 0. The van der Waals surface area contributed by atoms with E-state index in [4.69, 9.17) is 0 Å². The van der Waals surface area contributed by atoms with Gasteiger partial charge in [-0.3, -0.25) is 4.98 Å². The van der Waals surface area contributed by atoms with E-state index in [1.165, 1.54) is 31.2 Å². The average Bonchev–Trinajstić information content (AvgIpc) is 2.78. The lowest BCUT2D eigenvalue weighted by molar-refractivity contribution is 0.382. The monoisotopic (exact) mass is 188 g/mol. The Morgan fingerprint density at radius 3 is 2.86 bits per heavy atom. The van der Waals surface area contributed by atoms with Gasteiger partial charge in [0.15, 0.2) is 0 Å². The minimum atomic E-state index is 0.424. The molecule has 1 aromatic heterocycles. The van der Waals surface area contributed by atoms with E-state index in [0.29, 0.717) is 5.54 Å². The van der Waals surface area contributed by atoms with Gasteiger partial charge in [-0.05, 0) is 43.7 Å². The molecular weight excluding hydrogens is 172 g/mol. The smallest absolute Gasteiger partial charge is 0.0300 e. The van der Waals surface area contributed by atoms with Crippen LogP contribution in [-0.4, -0.2) is 16.6 Å². The van der Waals surface area contributed by atoms with E-state index < -0.39 is 0 Å². The van der Waals surface area contributed by atoms with Crippen molar-refractivity contribution >= 4 is 0 Å². The quantitative estimate of drug-likeness (QED) is 0.767. The lowest BCUT2D eigenvalue weighted by Gasteiger charge is -2.25. The molecule has 0 aliphatic carbocycles. The number of rotatable bonds is 2. The zero-order valence-electron chi connectivity index (χ0n) is 8.37. The third kappa shape index (κ3) is 1.34. The molecule has 2 saturated heterocycles. The minimum absolute atomic E-state index is 0.424. The van der Waals surface area contributed by atoms with Crippen molar-refractivity contribution in [1.82, 2.24) is 10.3 Å². The summed E-state index contributed by atoms with van der Waals surface area (Å²) in [7, 11) is 0. The van der Waals surface area contributed by atoms with Crippen molar-refractivity contribution in [1.29, 1.82) is 0 Å². The molecule has 0 saturated carbocycles. The molecular formula is C12H16N2. The zero-order valence-corrected chi connectivity index (χ0v) is 8.37.